The number of nitrogens with zero attached hydrogens (tertiary/aromatic N) is 1. The average molecular weight is 764 g/mol. The Morgan fingerprint density at radius 3 is 1.54 bits per heavy atom. The van der Waals surface area contributed by atoms with Crippen LogP contribution in [0.5, 0.6) is 0 Å². The van der Waals surface area contributed by atoms with Crippen molar-refractivity contribution >= 4 is 65.9 Å². The summed E-state index contributed by atoms with van der Waals surface area (Å²) in [6, 6.07) is 68.3. The summed E-state index contributed by atoms with van der Waals surface area (Å²) in [4.78, 5) is 3.58. The number of anilines is 3. The van der Waals surface area contributed by atoms with Crippen LogP contribution in [0, 0.1) is 0 Å². The molecule has 10 rings (SSSR count). The zero-order chi connectivity index (χ0) is 38.1. The minimum Gasteiger partial charge on any atom is -0.311 e. The van der Waals surface area contributed by atoms with Crippen LogP contribution in [0.2, 0.25) is 0 Å². The molecule has 1 aliphatic heterocycles. The van der Waals surface area contributed by atoms with Crippen LogP contribution in [-0.4, -0.2) is 0 Å². The van der Waals surface area contributed by atoms with Gasteiger partial charge in [0, 0.05) is 42.1 Å². The molecule has 57 heavy (non-hydrogen) atoms. The summed E-state index contributed by atoms with van der Waals surface area (Å²) >= 11 is 3.62. The molecule has 1 nitrogen and oxygen atoms in total. The Morgan fingerprint density at radius 1 is 0.386 bits per heavy atom. The average Bonchev–Trinajstić information content (AvgIpc) is 3.66. The fourth-order valence-corrected chi connectivity index (χ4v) is 10.0. The molecule has 1 aromatic heterocycles. The highest BCUT2D eigenvalue weighted by molar-refractivity contribution is 8.02. The Balaban J connectivity index is 1.02. The molecule has 0 fully saturated rings. The van der Waals surface area contributed by atoms with Gasteiger partial charge < -0.3 is 4.90 Å². The molecule has 0 bridgehead atoms. The van der Waals surface area contributed by atoms with Gasteiger partial charge in [-0.3, -0.25) is 0 Å². The highest BCUT2D eigenvalue weighted by Crippen LogP contribution is 2.43. The van der Waals surface area contributed by atoms with E-state index in [2.05, 4.69) is 223 Å². The molecule has 0 saturated heterocycles. The second-order valence-electron chi connectivity index (χ2n) is 14.2. The second-order valence-corrected chi connectivity index (χ2v) is 16.2. The number of allylic oxidation sites excluding steroid dienone is 4. The predicted octanol–water partition coefficient (Wildman–Crippen LogP) is 16.4. The first-order chi connectivity index (χ1) is 28.2. The number of thiophene rings is 1. The maximum Gasteiger partial charge on any atom is 0.0462 e. The Kier molecular flexibility index (Phi) is 9.23. The van der Waals surface area contributed by atoms with E-state index in [9.17, 15) is 0 Å². The lowest BCUT2D eigenvalue weighted by Gasteiger charge is -2.26. The summed E-state index contributed by atoms with van der Waals surface area (Å²) in [5, 5.41) is 4.78. The van der Waals surface area contributed by atoms with Gasteiger partial charge in [-0.2, -0.15) is 0 Å². The van der Waals surface area contributed by atoms with Crippen LogP contribution in [0.3, 0.4) is 0 Å². The van der Waals surface area contributed by atoms with Crippen molar-refractivity contribution in [2.24, 2.45) is 0 Å². The number of fused-ring (bicyclic) bond motifs is 4. The molecule has 270 valence electrons. The molecule has 1 aliphatic rings. The molecule has 0 aliphatic carbocycles. The standard InChI is InChI=1S/C54H37NS2/c1-37-11-7-8-36-56-53-47(37)15-9-16-48(53)42-26-32-45(33-27-42)55(44-30-24-41(25-31-44)40-22-20-39(21-23-40)38-12-3-2-4-13-38)46-34-28-43(29-35-46)49-17-10-18-51-50-14-5-6-19-52(50)57-54(49)51/h2-36H,1H2/b11-7-,36-8-. The molecule has 3 heteroatoms. The molecule has 0 radical (unpaired) electrons. The Bertz CT molecular complexity index is 2950. The monoisotopic (exact) mass is 763 g/mol. The van der Waals surface area contributed by atoms with Crippen molar-refractivity contribution < 1.29 is 0 Å². The number of hydrogen-bond acceptors (Lipinski definition) is 3. The van der Waals surface area contributed by atoms with Gasteiger partial charge in [0.15, 0.2) is 0 Å². The largest absolute Gasteiger partial charge is 0.311 e. The maximum atomic E-state index is 4.35. The Morgan fingerprint density at radius 2 is 0.877 bits per heavy atom. The van der Waals surface area contributed by atoms with Crippen LogP contribution >= 0.6 is 23.1 Å². The van der Waals surface area contributed by atoms with E-state index in [1.54, 1.807) is 11.8 Å². The fraction of sp³-hybridized carbons (Fsp3) is 0. The Labute approximate surface area is 342 Å². The lowest BCUT2D eigenvalue weighted by Crippen LogP contribution is -2.09. The lowest BCUT2D eigenvalue weighted by atomic mass is 9.98. The summed E-state index contributed by atoms with van der Waals surface area (Å²) in [6.07, 6.45) is 6.22. The van der Waals surface area contributed by atoms with Gasteiger partial charge in [-0.05, 0) is 104 Å². The Hall–Kier alpha value is -6.65. The van der Waals surface area contributed by atoms with Crippen LogP contribution < -0.4 is 4.90 Å². The van der Waals surface area contributed by atoms with Crippen molar-refractivity contribution in [3.63, 3.8) is 0 Å². The number of benzene rings is 8. The fourth-order valence-electron chi connectivity index (χ4n) is 7.85. The van der Waals surface area contributed by atoms with E-state index >= 15 is 0 Å². The number of rotatable bonds is 7. The summed E-state index contributed by atoms with van der Waals surface area (Å²) < 4.78 is 2.65. The van der Waals surface area contributed by atoms with E-state index in [0.717, 1.165) is 22.6 Å². The van der Waals surface area contributed by atoms with Crippen LogP contribution in [0.25, 0.3) is 70.3 Å². The van der Waals surface area contributed by atoms with Crippen molar-refractivity contribution in [2.75, 3.05) is 4.90 Å². The molecule has 9 aromatic rings. The first kappa shape index (κ1) is 34.8. The third-order valence-corrected chi connectivity index (χ3v) is 13.0. The number of hydrogen-bond donors (Lipinski definition) is 0. The summed E-state index contributed by atoms with van der Waals surface area (Å²) in [5.41, 5.74) is 15.2. The van der Waals surface area contributed by atoms with Gasteiger partial charge in [-0.15, -0.1) is 11.3 Å². The molecular formula is C54H37NS2. The first-order valence-electron chi connectivity index (χ1n) is 19.2. The lowest BCUT2D eigenvalue weighted by molar-refractivity contribution is 1.28. The highest BCUT2D eigenvalue weighted by Gasteiger charge is 2.17. The van der Waals surface area contributed by atoms with Crippen molar-refractivity contribution in [3.05, 3.63) is 224 Å². The van der Waals surface area contributed by atoms with E-state index in [0.29, 0.717) is 0 Å². The van der Waals surface area contributed by atoms with Gasteiger partial charge in [-0.1, -0.05) is 182 Å². The van der Waals surface area contributed by atoms with Gasteiger partial charge in [-0.25, -0.2) is 0 Å². The molecule has 0 N–H and O–H groups in total. The first-order valence-corrected chi connectivity index (χ1v) is 20.9. The second kappa shape index (κ2) is 15.1. The minimum absolute atomic E-state index is 1.02. The summed E-state index contributed by atoms with van der Waals surface area (Å²) in [7, 11) is 0. The smallest absolute Gasteiger partial charge is 0.0462 e. The highest BCUT2D eigenvalue weighted by atomic mass is 32.2. The number of thioether (sulfide) groups is 1. The van der Waals surface area contributed by atoms with Gasteiger partial charge in [0.2, 0.25) is 0 Å². The molecule has 0 spiro atoms. The molecule has 0 atom stereocenters. The van der Waals surface area contributed by atoms with E-state index < -0.39 is 0 Å². The van der Waals surface area contributed by atoms with Crippen molar-refractivity contribution in [1.29, 1.82) is 0 Å². The van der Waals surface area contributed by atoms with E-state index in [1.807, 2.05) is 11.3 Å². The van der Waals surface area contributed by atoms with Crippen molar-refractivity contribution in [3.8, 4) is 44.5 Å². The molecular weight excluding hydrogens is 727 g/mol. The SMILES string of the molecule is C=C1/C=C\C=C/Sc2c1cccc2-c1ccc(N(c2ccc(-c3ccc(-c4ccccc4)cc3)cc2)c2ccc(-c3cccc4c3sc3ccccc34)cc2)cc1. The third-order valence-electron chi connectivity index (χ3n) is 10.8. The van der Waals surface area contributed by atoms with Gasteiger partial charge >= 0.3 is 0 Å². The van der Waals surface area contributed by atoms with E-state index in [-0.39, 0.29) is 0 Å². The van der Waals surface area contributed by atoms with Gasteiger partial charge in [0.25, 0.3) is 0 Å². The molecule has 0 amide bonds. The molecule has 0 saturated carbocycles. The minimum atomic E-state index is 1.02. The molecule has 2 heterocycles. The zero-order valence-electron chi connectivity index (χ0n) is 31.2. The van der Waals surface area contributed by atoms with E-state index in [1.165, 1.54) is 75.1 Å². The van der Waals surface area contributed by atoms with Crippen molar-refractivity contribution in [1.82, 2.24) is 0 Å². The third kappa shape index (κ3) is 6.72. The van der Waals surface area contributed by atoms with E-state index in [4.69, 9.17) is 0 Å². The molecule has 8 aromatic carbocycles. The van der Waals surface area contributed by atoms with Crippen LogP contribution in [0.1, 0.15) is 5.56 Å². The summed E-state index contributed by atoms with van der Waals surface area (Å²) in [5.74, 6) is 0. The predicted molar refractivity (Wildman–Crippen MR) is 249 cm³/mol. The van der Waals surface area contributed by atoms with Gasteiger partial charge in [0.05, 0.1) is 0 Å². The van der Waals surface area contributed by atoms with Crippen LogP contribution in [0.15, 0.2) is 223 Å². The molecule has 0 unspecified atom stereocenters. The quantitative estimate of drug-likeness (QED) is 0.159. The normalized spacial score (nSPS) is 13.5. The topological polar surface area (TPSA) is 3.24 Å². The summed E-state index contributed by atoms with van der Waals surface area (Å²) in [6.45, 7) is 4.35. The van der Waals surface area contributed by atoms with Crippen molar-refractivity contribution in [2.45, 2.75) is 4.90 Å². The van der Waals surface area contributed by atoms with Crippen LogP contribution in [-0.2, 0) is 0 Å². The maximum absolute atomic E-state index is 4.35. The van der Waals surface area contributed by atoms with Gasteiger partial charge in [0.1, 0.15) is 0 Å². The van der Waals surface area contributed by atoms with Crippen LogP contribution in [0.4, 0.5) is 17.1 Å². The zero-order valence-corrected chi connectivity index (χ0v) is 32.8.